The molecule has 0 saturated carbocycles. The molecule has 0 radical (unpaired) electrons. The average Bonchev–Trinajstić information content (AvgIpc) is 2.89. The van der Waals surface area contributed by atoms with E-state index in [2.05, 4.69) is 6.07 Å². The van der Waals surface area contributed by atoms with Gasteiger partial charge in [0.05, 0.1) is 0 Å². The van der Waals surface area contributed by atoms with E-state index in [9.17, 15) is 4.79 Å². The summed E-state index contributed by atoms with van der Waals surface area (Å²) in [5, 5.41) is 8.86. The second-order valence-corrected chi connectivity index (χ2v) is 4.92. The molecule has 0 aliphatic rings. The molecule has 0 fully saturated rings. The fourth-order valence-electron chi connectivity index (χ4n) is 2.03. The predicted octanol–water partition coefficient (Wildman–Crippen LogP) is 4.04. The molecule has 1 aromatic carbocycles. The van der Waals surface area contributed by atoms with Crippen LogP contribution >= 0.6 is 0 Å². The maximum Gasteiger partial charge on any atom is 0.371 e. The number of hydrogen-bond acceptors (Lipinski definition) is 3. The van der Waals surface area contributed by atoms with E-state index in [0.717, 1.165) is 22.4 Å². The zero-order chi connectivity index (χ0) is 14.9. The summed E-state index contributed by atoms with van der Waals surface area (Å²) in [7, 11) is 0. The molecule has 1 heterocycles. The number of benzene rings is 1. The quantitative estimate of drug-likeness (QED) is 0.914. The highest BCUT2D eigenvalue weighted by Crippen LogP contribution is 2.30. The summed E-state index contributed by atoms with van der Waals surface area (Å²) in [6, 6.07) is 7.13. The van der Waals surface area contributed by atoms with Gasteiger partial charge in [-0.15, -0.1) is 0 Å². The van der Waals surface area contributed by atoms with Gasteiger partial charge in [0.25, 0.3) is 0 Å². The summed E-state index contributed by atoms with van der Waals surface area (Å²) in [6.45, 7) is 7.86. The average molecular weight is 274 g/mol. The van der Waals surface area contributed by atoms with Gasteiger partial charge >= 0.3 is 5.97 Å². The number of aromatic carboxylic acids is 1. The van der Waals surface area contributed by atoms with Crippen LogP contribution in [0.15, 0.2) is 28.7 Å². The van der Waals surface area contributed by atoms with Crippen molar-refractivity contribution in [3.05, 3.63) is 52.5 Å². The summed E-state index contributed by atoms with van der Waals surface area (Å²) in [4.78, 5) is 10.8. The lowest BCUT2D eigenvalue weighted by atomic mass is 10.1. The van der Waals surface area contributed by atoms with E-state index in [1.807, 2.05) is 33.8 Å². The summed E-state index contributed by atoms with van der Waals surface area (Å²) < 4.78 is 11.2. The van der Waals surface area contributed by atoms with Crippen LogP contribution in [0.25, 0.3) is 0 Å². The molecule has 0 aliphatic heterocycles. The molecule has 20 heavy (non-hydrogen) atoms. The van der Waals surface area contributed by atoms with Crippen LogP contribution in [0.4, 0.5) is 0 Å². The van der Waals surface area contributed by atoms with E-state index in [4.69, 9.17) is 14.3 Å². The number of rotatable bonds is 4. The molecular formula is C16H18O4. The Bertz CT molecular complexity index is 640. The van der Waals surface area contributed by atoms with E-state index < -0.39 is 5.97 Å². The summed E-state index contributed by atoms with van der Waals surface area (Å²) in [6.07, 6.45) is -0.345. The van der Waals surface area contributed by atoms with Gasteiger partial charge in [-0.05, 0) is 56.5 Å². The zero-order valence-corrected chi connectivity index (χ0v) is 12.1. The van der Waals surface area contributed by atoms with Crippen LogP contribution in [-0.2, 0) is 0 Å². The minimum absolute atomic E-state index is 0.0758. The first-order valence-electron chi connectivity index (χ1n) is 6.46. The van der Waals surface area contributed by atoms with Crippen molar-refractivity contribution in [2.45, 2.75) is 33.8 Å². The molecule has 0 saturated heterocycles. The number of hydrogen-bond donors (Lipinski definition) is 1. The molecule has 1 N–H and O–H groups in total. The molecular weight excluding hydrogens is 256 g/mol. The van der Waals surface area contributed by atoms with E-state index in [1.54, 1.807) is 6.07 Å². The Labute approximate surface area is 118 Å². The van der Waals surface area contributed by atoms with E-state index in [-0.39, 0.29) is 11.9 Å². The summed E-state index contributed by atoms with van der Waals surface area (Å²) in [5.74, 6) is 0.174. The smallest absolute Gasteiger partial charge is 0.371 e. The number of carbonyl (C=O) groups is 1. The topological polar surface area (TPSA) is 59.7 Å². The van der Waals surface area contributed by atoms with Gasteiger partial charge in [-0.25, -0.2) is 4.79 Å². The zero-order valence-electron chi connectivity index (χ0n) is 12.1. The molecule has 4 nitrogen and oxygen atoms in total. The Hall–Kier alpha value is -2.23. The minimum Gasteiger partial charge on any atom is -0.482 e. The van der Waals surface area contributed by atoms with Crippen molar-refractivity contribution >= 4 is 5.97 Å². The molecule has 0 aliphatic carbocycles. The van der Waals surface area contributed by atoms with E-state index in [0.29, 0.717) is 5.76 Å². The van der Waals surface area contributed by atoms with Crippen molar-refractivity contribution < 1.29 is 19.1 Å². The van der Waals surface area contributed by atoms with Crippen LogP contribution in [0.2, 0.25) is 0 Å². The molecule has 0 amide bonds. The second-order valence-electron chi connectivity index (χ2n) is 4.92. The molecule has 1 unspecified atom stereocenters. The molecule has 2 rings (SSSR count). The summed E-state index contributed by atoms with van der Waals surface area (Å²) >= 11 is 0. The van der Waals surface area contributed by atoms with Crippen LogP contribution in [-0.4, -0.2) is 11.1 Å². The van der Waals surface area contributed by atoms with Gasteiger partial charge in [0.1, 0.15) is 11.5 Å². The lowest BCUT2D eigenvalue weighted by Crippen LogP contribution is -2.05. The van der Waals surface area contributed by atoms with Crippen molar-refractivity contribution in [2.24, 2.45) is 0 Å². The minimum atomic E-state index is -1.08. The Morgan fingerprint density at radius 3 is 2.40 bits per heavy atom. The van der Waals surface area contributed by atoms with Crippen LogP contribution in [0, 0.1) is 20.8 Å². The number of ether oxygens (including phenoxy) is 1. The van der Waals surface area contributed by atoms with Crippen molar-refractivity contribution in [1.29, 1.82) is 0 Å². The van der Waals surface area contributed by atoms with Gasteiger partial charge in [0.15, 0.2) is 6.10 Å². The third-order valence-corrected chi connectivity index (χ3v) is 3.41. The maximum atomic E-state index is 10.8. The molecule has 4 heteroatoms. The Morgan fingerprint density at radius 1 is 1.15 bits per heavy atom. The highest BCUT2D eigenvalue weighted by molar-refractivity contribution is 5.84. The number of aryl methyl sites for hydroxylation is 2. The Balaban J connectivity index is 2.25. The SMILES string of the molecule is Cc1ccc(C)c(OC(C)c2ccc(C(=O)O)o2)c1C. The van der Waals surface area contributed by atoms with Gasteiger partial charge in [-0.3, -0.25) is 0 Å². The lowest BCUT2D eigenvalue weighted by Gasteiger charge is -2.18. The number of carboxylic acid groups (broad SMARTS) is 1. The van der Waals surface area contributed by atoms with Gasteiger partial charge in [0, 0.05) is 0 Å². The van der Waals surface area contributed by atoms with Crippen molar-refractivity contribution in [3.8, 4) is 5.75 Å². The van der Waals surface area contributed by atoms with Gasteiger partial charge in [-0.2, -0.15) is 0 Å². The molecule has 0 spiro atoms. The first-order valence-corrected chi connectivity index (χ1v) is 6.46. The van der Waals surface area contributed by atoms with Crippen LogP contribution < -0.4 is 4.74 Å². The molecule has 1 aromatic heterocycles. The van der Waals surface area contributed by atoms with Gasteiger partial charge in [-0.1, -0.05) is 12.1 Å². The van der Waals surface area contributed by atoms with Crippen molar-refractivity contribution in [2.75, 3.05) is 0 Å². The second kappa shape index (κ2) is 5.41. The fourth-order valence-corrected chi connectivity index (χ4v) is 2.03. The fraction of sp³-hybridized carbons (Fsp3) is 0.312. The monoisotopic (exact) mass is 274 g/mol. The van der Waals surface area contributed by atoms with Gasteiger partial charge < -0.3 is 14.3 Å². The van der Waals surface area contributed by atoms with E-state index in [1.165, 1.54) is 6.07 Å². The predicted molar refractivity (Wildman–Crippen MR) is 75.4 cm³/mol. The first-order chi connectivity index (χ1) is 9.40. The largest absolute Gasteiger partial charge is 0.482 e. The molecule has 106 valence electrons. The molecule has 2 aromatic rings. The normalized spacial score (nSPS) is 12.2. The highest BCUT2D eigenvalue weighted by atomic mass is 16.5. The van der Waals surface area contributed by atoms with Crippen LogP contribution in [0.5, 0.6) is 5.75 Å². The van der Waals surface area contributed by atoms with Gasteiger partial charge in [0.2, 0.25) is 5.76 Å². The number of carboxylic acids is 1. The first kappa shape index (κ1) is 14.2. The lowest BCUT2D eigenvalue weighted by molar-refractivity contribution is 0.0655. The molecule has 1 atom stereocenters. The summed E-state index contributed by atoms with van der Waals surface area (Å²) in [5.41, 5.74) is 3.29. The Kier molecular flexibility index (Phi) is 3.84. The van der Waals surface area contributed by atoms with Crippen molar-refractivity contribution in [1.82, 2.24) is 0 Å². The third kappa shape index (κ3) is 2.69. The van der Waals surface area contributed by atoms with Crippen molar-refractivity contribution in [3.63, 3.8) is 0 Å². The van der Waals surface area contributed by atoms with Crippen LogP contribution in [0.1, 0.15) is 46.0 Å². The van der Waals surface area contributed by atoms with E-state index >= 15 is 0 Å². The molecule has 0 bridgehead atoms. The van der Waals surface area contributed by atoms with Crippen LogP contribution in [0.3, 0.4) is 0 Å². The Morgan fingerprint density at radius 2 is 1.80 bits per heavy atom. The third-order valence-electron chi connectivity index (χ3n) is 3.41. The standard InChI is InChI=1S/C16H18O4/c1-9-5-6-10(2)15(11(9)3)19-12(4)13-7-8-14(20-13)16(17)18/h5-8,12H,1-4H3,(H,17,18). The maximum absolute atomic E-state index is 10.8. The highest BCUT2D eigenvalue weighted by Gasteiger charge is 2.17. The number of furan rings is 1.